The molecule has 29 heavy (non-hydrogen) atoms. The smallest absolute Gasteiger partial charge is 0.315 e. The Morgan fingerprint density at radius 1 is 1.10 bits per heavy atom. The number of halogens is 1. The van der Waals surface area contributed by atoms with Crippen molar-refractivity contribution in [3.8, 4) is 0 Å². The van der Waals surface area contributed by atoms with Gasteiger partial charge in [0.05, 0.1) is 0 Å². The van der Waals surface area contributed by atoms with Crippen LogP contribution in [0.15, 0.2) is 48.5 Å². The van der Waals surface area contributed by atoms with E-state index in [1.807, 2.05) is 13.0 Å². The zero-order valence-electron chi connectivity index (χ0n) is 17.3. The van der Waals surface area contributed by atoms with Crippen molar-refractivity contribution < 1.29 is 9.18 Å². The molecule has 1 heterocycles. The van der Waals surface area contributed by atoms with Crippen molar-refractivity contribution in [2.24, 2.45) is 0 Å². The quantitative estimate of drug-likeness (QED) is 0.750. The first-order valence-corrected chi connectivity index (χ1v) is 10.3. The third-order valence-electron chi connectivity index (χ3n) is 5.42. The SMILES string of the molecule is Cc1cc(CNC(=O)N[C@H](C)CCN2CCN(c3ccccc3)CC2)ccc1F. The van der Waals surface area contributed by atoms with E-state index in [1.165, 1.54) is 11.8 Å². The number of rotatable bonds is 7. The van der Waals surface area contributed by atoms with Crippen molar-refractivity contribution >= 4 is 11.7 Å². The average Bonchev–Trinajstić information content (AvgIpc) is 2.74. The van der Waals surface area contributed by atoms with Gasteiger partial charge in [-0.05, 0) is 49.6 Å². The maximum absolute atomic E-state index is 13.3. The summed E-state index contributed by atoms with van der Waals surface area (Å²) in [5.41, 5.74) is 2.77. The summed E-state index contributed by atoms with van der Waals surface area (Å²) in [5, 5.41) is 5.83. The highest BCUT2D eigenvalue weighted by Gasteiger charge is 2.17. The molecule has 156 valence electrons. The van der Waals surface area contributed by atoms with E-state index in [0.29, 0.717) is 12.1 Å². The van der Waals surface area contributed by atoms with Crippen LogP contribution in [0.2, 0.25) is 0 Å². The largest absolute Gasteiger partial charge is 0.369 e. The van der Waals surface area contributed by atoms with Crippen LogP contribution in [0.5, 0.6) is 0 Å². The molecule has 5 nitrogen and oxygen atoms in total. The van der Waals surface area contributed by atoms with Gasteiger partial charge in [-0.3, -0.25) is 4.90 Å². The van der Waals surface area contributed by atoms with E-state index < -0.39 is 0 Å². The second kappa shape index (κ2) is 10.3. The van der Waals surface area contributed by atoms with Crippen LogP contribution in [0.3, 0.4) is 0 Å². The summed E-state index contributed by atoms with van der Waals surface area (Å²) >= 11 is 0. The molecule has 0 saturated carbocycles. The number of nitrogens with zero attached hydrogens (tertiary/aromatic N) is 2. The Balaban J connectivity index is 1.33. The molecule has 1 fully saturated rings. The van der Waals surface area contributed by atoms with E-state index >= 15 is 0 Å². The second-order valence-electron chi connectivity index (χ2n) is 7.76. The predicted octanol–water partition coefficient (Wildman–Crippen LogP) is 3.53. The second-order valence-corrected chi connectivity index (χ2v) is 7.76. The molecule has 2 aromatic carbocycles. The highest BCUT2D eigenvalue weighted by Crippen LogP contribution is 2.15. The number of hydrogen-bond acceptors (Lipinski definition) is 3. The molecule has 2 amide bonds. The van der Waals surface area contributed by atoms with E-state index in [0.717, 1.165) is 44.7 Å². The first-order valence-electron chi connectivity index (χ1n) is 10.3. The van der Waals surface area contributed by atoms with Crippen LogP contribution in [-0.2, 0) is 6.54 Å². The Morgan fingerprint density at radius 2 is 1.83 bits per heavy atom. The molecule has 3 rings (SSSR count). The molecular formula is C23H31FN4O. The van der Waals surface area contributed by atoms with Crippen molar-refractivity contribution in [3.63, 3.8) is 0 Å². The number of carbonyl (C=O) groups excluding carboxylic acids is 1. The molecule has 2 N–H and O–H groups in total. The number of para-hydroxylation sites is 1. The van der Waals surface area contributed by atoms with Gasteiger partial charge in [0, 0.05) is 51.0 Å². The van der Waals surface area contributed by atoms with Gasteiger partial charge in [0.2, 0.25) is 0 Å². The van der Waals surface area contributed by atoms with E-state index in [9.17, 15) is 9.18 Å². The zero-order valence-corrected chi connectivity index (χ0v) is 17.3. The minimum atomic E-state index is -0.226. The van der Waals surface area contributed by atoms with Gasteiger partial charge in [0.15, 0.2) is 0 Å². The summed E-state index contributed by atoms with van der Waals surface area (Å²) in [6.45, 7) is 9.26. The lowest BCUT2D eigenvalue weighted by Crippen LogP contribution is -2.48. The Kier molecular flexibility index (Phi) is 7.47. The summed E-state index contributed by atoms with van der Waals surface area (Å²) in [6.07, 6.45) is 0.911. The lowest BCUT2D eigenvalue weighted by Gasteiger charge is -2.36. The van der Waals surface area contributed by atoms with Crippen LogP contribution >= 0.6 is 0 Å². The van der Waals surface area contributed by atoms with E-state index in [4.69, 9.17) is 0 Å². The molecule has 0 aliphatic carbocycles. The van der Waals surface area contributed by atoms with Crippen molar-refractivity contribution in [1.82, 2.24) is 15.5 Å². The molecule has 0 radical (unpaired) electrons. The minimum absolute atomic E-state index is 0.0945. The first kappa shape index (κ1) is 21.1. The van der Waals surface area contributed by atoms with E-state index in [-0.39, 0.29) is 17.9 Å². The molecule has 0 bridgehead atoms. The number of benzene rings is 2. The number of piperazine rings is 1. The number of hydrogen-bond donors (Lipinski definition) is 2. The van der Waals surface area contributed by atoms with Gasteiger partial charge < -0.3 is 15.5 Å². The predicted molar refractivity (Wildman–Crippen MR) is 116 cm³/mol. The van der Waals surface area contributed by atoms with Crippen molar-refractivity contribution in [3.05, 3.63) is 65.5 Å². The highest BCUT2D eigenvalue weighted by molar-refractivity contribution is 5.74. The topological polar surface area (TPSA) is 47.6 Å². The van der Waals surface area contributed by atoms with Crippen molar-refractivity contribution in [2.45, 2.75) is 32.9 Å². The highest BCUT2D eigenvalue weighted by atomic mass is 19.1. The van der Waals surface area contributed by atoms with Crippen LogP contribution in [0.25, 0.3) is 0 Å². The first-order chi connectivity index (χ1) is 14.0. The fourth-order valence-electron chi connectivity index (χ4n) is 3.59. The van der Waals surface area contributed by atoms with Gasteiger partial charge in [-0.2, -0.15) is 0 Å². The number of aryl methyl sites for hydroxylation is 1. The Bertz CT molecular complexity index is 791. The molecular weight excluding hydrogens is 367 g/mol. The van der Waals surface area contributed by atoms with Gasteiger partial charge in [-0.25, -0.2) is 9.18 Å². The van der Waals surface area contributed by atoms with Crippen LogP contribution in [-0.4, -0.2) is 49.7 Å². The summed E-state index contributed by atoms with van der Waals surface area (Å²) in [6, 6.07) is 15.3. The zero-order chi connectivity index (χ0) is 20.6. The third-order valence-corrected chi connectivity index (χ3v) is 5.42. The molecule has 1 aliphatic heterocycles. The van der Waals surface area contributed by atoms with Gasteiger partial charge >= 0.3 is 6.03 Å². The Labute approximate surface area is 172 Å². The average molecular weight is 399 g/mol. The molecule has 6 heteroatoms. The number of anilines is 1. The summed E-state index contributed by atoms with van der Waals surface area (Å²) in [5.74, 6) is -0.226. The van der Waals surface area contributed by atoms with Crippen LogP contribution in [0.1, 0.15) is 24.5 Å². The number of urea groups is 1. The van der Waals surface area contributed by atoms with E-state index in [2.05, 4.69) is 44.7 Å². The van der Waals surface area contributed by atoms with Gasteiger partial charge in [-0.15, -0.1) is 0 Å². The Morgan fingerprint density at radius 3 is 2.52 bits per heavy atom. The fraction of sp³-hybridized carbons (Fsp3) is 0.435. The summed E-state index contributed by atoms with van der Waals surface area (Å²) in [4.78, 5) is 17.0. The molecule has 2 aromatic rings. The van der Waals surface area contributed by atoms with Crippen molar-refractivity contribution in [2.75, 3.05) is 37.6 Å². The van der Waals surface area contributed by atoms with Crippen LogP contribution in [0, 0.1) is 12.7 Å². The minimum Gasteiger partial charge on any atom is -0.369 e. The number of nitrogens with one attached hydrogen (secondary N) is 2. The monoisotopic (exact) mass is 398 g/mol. The Hall–Kier alpha value is -2.60. The molecule has 1 atom stereocenters. The molecule has 1 saturated heterocycles. The maximum Gasteiger partial charge on any atom is 0.315 e. The maximum atomic E-state index is 13.3. The van der Waals surface area contributed by atoms with Gasteiger partial charge in [0.1, 0.15) is 5.82 Å². The molecule has 0 unspecified atom stereocenters. The molecule has 0 spiro atoms. The molecule has 1 aliphatic rings. The normalized spacial score (nSPS) is 15.8. The van der Waals surface area contributed by atoms with Crippen molar-refractivity contribution in [1.29, 1.82) is 0 Å². The van der Waals surface area contributed by atoms with Crippen LogP contribution in [0.4, 0.5) is 14.9 Å². The lowest BCUT2D eigenvalue weighted by atomic mass is 10.1. The number of carbonyl (C=O) groups is 1. The number of amides is 2. The van der Waals surface area contributed by atoms with Gasteiger partial charge in [0.25, 0.3) is 0 Å². The summed E-state index contributed by atoms with van der Waals surface area (Å²) < 4.78 is 13.3. The fourth-order valence-corrected chi connectivity index (χ4v) is 3.59. The lowest BCUT2D eigenvalue weighted by molar-refractivity contribution is 0.227. The standard InChI is InChI=1S/C23H31FN4O/c1-18-16-20(8-9-22(18)24)17-25-23(29)26-19(2)10-11-27-12-14-28(15-13-27)21-6-4-3-5-7-21/h3-9,16,19H,10-15,17H2,1-2H3,(H2,25,26,29)/t19-/m1/s1. The van der Waals surface area contributed by atoms with E-state index in [1.54, 1.807) is 19.1 Å². The molecule has 0 aromatic heterocycles. The van der Waals surface area contributed by atoms with Crippen LogP contribution < -0.4 is 15.5 Å². The van der Waals surface area contributed by atoms with Gasteiger partial charge in [-0.1, -0.05) is 30.3 Å². The summed E-state index contributed by atoms with van der Waals surface area (Å²) in [7, 11) is 0. The third kappa shape index (κ3) is 6.46.